The molecule has 0 aliphatic carbocycles. The number of benzene rings is 1. The van der Waals surface area contributed by atoms with Gasteiger partial charge in [-0.2, -0.15) is 0 Å². The van der Waals surface area contributed by atoms with Gasteiger partial charge in [0.2, 0.25) is 5.88 Å². The quantitative estimate of drug-likeness (QED) is 0.941. The van der Waals surface area contributed by atoms with E-state index in [1.807, 2.05) is 0 Å². The number of rotatable bonds is 3. The summed E-state index contributed by atoms with van der Waals surface area (Å²) in [5.74, 6) is 0.0461. The van der Waals surface area contributed by atoms with E-state index in [1.54, 1.807) is 38.1 Å². The monoisotopic (exact) mass is 314 g/mol. The first-order valence-corrected chi connectivity index (χ1v) is 8.13. The smallest absolute Gasteiger partial charge is 0.230 e. The van der Waals surface area contributed by atoms with Crippen LogP contribution in [0.4, 0.5) is 5.88 Å². The van der Waals surface area contributed by atoms with Crippen molar-refractivity contribution in [1.82, 2.24) is 5.16 Å². The van der Waals surface area contributed by atoms with Gasteiger partial charge in [-0.15, -0.1) is 0 Å². The van der Waals surface area contributed by atoms with Crippen LogP contribution in [0.15, 0.2) is 28.8 Å². The maximum Gasteiger partial charge on any atom is 0.230 e. The van der Waals surface area contributed by atoms with Crippen molar-refractivity contribution in [2.24, 2.45) is 0 Å². The number of nitrogen functional groups attached to an aromatic ring is 1. The number of nitrogens with two attached hydrogens (primary N) is 1. The fourth-order valence-corrected chi connectivity index (χ4v) is 2.53. The van der Waals surface area contributed by atoms with Crippen LogP contribution in [0, 0.1) is 0 Å². The molecule has 1 aromatic carbocycles. The third-order valence-corrected chi connectivity index (χ3v) is 5.74. The highest BCUT2D eigenvalue weighted by Crippen LogP contribution is 2.41. The molecule has 0 unspecified atom stereocenters. The molecule has 0 aliphatic heterocycles. The second-order valence-electron chi connectivity index (χ2n) is 5.03. The zero-order chi connectivity index (χ0) is 15.1. The van der Waals surface area contributed by atoms with E-state index in [1.165, 1.54) is 0 Å². The first-order chi connectivity index (χ1) is 9.16. The predicted octanol–water partition coefficient (Wildman–Crippen LogP) is 2.86. The Morgan fingerprint density at radius 2 is 1.90 bits per heavy atom. The molecule has 0 radical (unpaired) electrons. The molecule has 7 heteroatoms. The first kappa shape index (κ1) is 14.9. The normalized spacial score (nSPS) is 12.6. The van der Waals surface area contributed by atoms with Gasteiger partial charge in [0, 0.05) is 16.8 Å². The predicted molar refractivity (Wildman–Crippen MR) is 79.2 cm³/mol. The van der Waals surface area contributed by atoms with Gasteiger partial charge >= 0.3 is 0 Å². The van der Waals surface area contributed by atoms with Gasteiger partial charge in [0.1, 0.15) is 10.4 Å². The molecule has 2 aromatic rings. The summed E-state index contributed by atoms with van der Waals surface area (Å²) < 4.78 is 27.7. The summed E-state index contributed by atoms with van der Waals surface area (Å²) in [6.45, 7) is 3.11. The standard InChI is InChI=1S/C13H15ClN2O3S/c1-13(2,20(3,17)18)11-10(12(15)19-16-11)8-6-4-5-7-9(8)14/h4-7H,15H2,1-3H3. The molecule has 2 rings (SSSR count). The second kappa shape index (κ2) is 4.79. The van der Waals surface area contributed by atoms with E-state index in [9.17, 15) is 8.42 Å². The van der Waals surface area contributed by atoms with Crippen molar-refractivity contribution in [1.29, 1.82) is 0 Å². The number of sulfone groups is 1. The van der Waals surface area contributed by atoms with E-state index in [4.69, 9.17) is 21.9 Å². The van der Waals surface area contributed by atoms with Gasteiger partial charge in [0.15, 0.2) is 9.84 Å². The largest absolute Gasteiger partial charge is 0.367 e. The van der Waals surface area contributed by atoms with Crippen LogP contribution in [0.25, 0.3) is 11.1 Å². The molecular weight excluding hydrogens is 300 g/mol. The second-order valence-corrected chi connectivity index (χ2v) is 8.00. The van der Waals surface area contributed by atoms with E-state index in [2.05, 4.69) is 5.16 Å². The Hall–Kier alpha value is -1.53. The number of hydrogen-bond acceptors (Lipinski definition) is 5. The van der Waals surface area contributed by atoms with E-state index < -0.39 is 14.6 Å². The SMILES string of the molecule is CC(C)(c1noc(N)c1-c1ccccc1Cl)S(C)(=O)=O. The lowest BCUT2D eigenvalue weighted by molar-refractivity contribution is 0.417. The number of nitrogens with zero attached hydrogens (tertiary/aromatic N) is 1. The van der Waals surface area contributed by atoms with Crippen LogP contribution in [-0.4, -0.2) is 19.8 Å². The number of halogens is 1. The van der Waals surface area contributed by atoms with Crippen molar-refractivity contribution in [3.63, 3.8) is 0 Å². The van der Waals surface area contributed by atoms with Crippen molar-refractivity contribution < 1.29 is 12.9 Å². The van der Waals surface area contributed by atoms with Crippen molar-refractivity contribution in [2.75, 3.05) is 12.0 Å². The Balaban J connectivity index is 2.75. The van der Waals surface area contributed by atoms with Crippen LogP contribution in [0.1, 0.15) is 19.5 Å². The summed E-state index contributed by atoms with van der Waals surface area (Å²) in [4.78, 5) is 0. The van der Waals surface area contributed by atoms with Crippen LogP contribution in [-0.2, 0) is 14.6 Å². The molecule has 0 spiro atoms. The molecule has 0 bridgehead atoms. The number of anilines is 1. The van der Waals surface area contributed by atoms with Gasteiger partial charge in [-0.1, -0.05) is 35.0 Å². The zero-order valence-electron chi connectivity index (χ0n) is 11.3. The average molecular weight is 315 g/mol. The van der Waals surface area contributed by atoms with Crippen LogP contribution in [0.5, 0.6) is 0 Å². The lowest BCUT2D eigenvalue weighted by Gasteiger charge is -2.21. The molecular formula is C13H15ClN2O3S. The van der Waals surface area contributed by atoms with Gasteiger partial charge in [0.25, 0.3) is 0 Å². The van der Waals surface area contributed by atoms with Gasteiger partial charge in [0.05, 0.1) is 5.56 Å². The average Bonchev–Trinajstić information content (AvgIpc) is 2.71. The van der Waals surface area contributed by atoms with Crippen LogP contribution < -0.4 is 5.73 Å². The Kier molecular flexibility index (Phi) is 3.56. The molecule has 1 aromatic heterocycles. The topological polar surface area (TPSA) is 86.2 Å². The van der Waals surface area contributed by atoms with E-state index in [0.717, 1.165) is 6.26 Å². The molecule has 1 heterocycles. The van der Waals surface area contributed by atoms with E-state index >= 15 is 0 Å². The third-order valence-electron chi connectivity index (χ3n) is 3.36. The molecule has 0 amide bonds. The molecule has 0 saturated carbocycles. The fourth-order valence-electron chi connectivity index (χ4n) is 1.81. The van der Waals surface area contributed by atoms with Crippen molar-refractivity contribution in [2.45, 2.75) is 18.6 Å². The summed E-state index contributed by atoms with van der Waals surface area (Å²) in [5.41, 5.74) is 7.07. The van der Waals surface area contributed by atoms with Crippen molar-refractivity contribution in [3.8, 4) is 11.1 Å². The van der Waals surface area contributed by atoms with Crippen LogP contribution in [0.3, 0.4) is 0 Å². The molecule has 0 saturated heterocycles. The molecule has 0 aliphatic rings. The zero-order valence-corrected chi connectivity index (χ0v) is 12.9. The van der Waals surface area contributed by atoms with Gasteiger partial charge in [-0.3, -0.25) is 0 Å². The maximum atomic E-state index is 12.0. The highest BCUT2D eigenvalue weighted by atomic mass is 35.5. The first-order valence-electron chi connectivity index (χ1n) is 5.86. The summed E-state index contributed by atoms with van der Waals surface area (Å²) >= 11 is 6.15. The summed E-state index contributed by atoms with van der Waals surface area (Å²) in [7, 11) is -3.41. The molecule has 0 atom stereocenters. The third kappa shape index (κ3) is 2.29. The molecule has 108 valence electrons. The molecule has 0 fully saturated rings. The molecule has 5 nitrogen and oxygen atoms in total. The Morgan fingerprint density at radius 1 is 1.30 bits per heavy atom. The van der Waals surface area contributed by atoms with Crippen LogP contribution in [0.2, 0.25) is 5.02 Å². The fraction of sp³-hybridized carbons (Fsp3) is 0.308. The summed E-state index contributed by atoms with van der Waals surface area (Å²) in [5, 5.41) is 4.29. The minimum atomic E-state index is -3.41. The van der Waals surface area contributed by atoms with Crippen LogP contribution >= 0.6 is 11.6 Å². The van der Waals surface area contributed by atoms with Gasteiger partial charge in [-0.25, -0.2) is 8.42 Å². The Labute approximate surface area is 122 Å². The van der Waals surface area contributed by atoms with Crippen molar-refractivity contribution >= 4 is 27.3 Å². The van der Waals surface area contributed by atoms with E-state index in [-0.39, 0.29) is 11.6 Å². The Bertz CT molecular complexity index is 751. The number of aromatic nitrogens is 1. The summed E-state index contributed by atoms with van der Waals surface area (Å²) in [6.07, 6.45) is 1.15. The lowest BCUT2D eigenvalue weighted by atomic mass is 9.98. The summed E-state index contributed by atoms with van der Waals surface area (Å²) in [6, 6.07) is 7.00. The molecule has 2 N–H and O–H groups in total. The lowest BCUT2D eigenvalue weighted by Crippen LogP contribution is -2.29. The maximum absolute atomic E-state index is 12.0. The van der Waals surface area contributed by atoms with Crippen molar-refractivity contribution in [3.05, 3.63) is 35.0 Å². The minimum Gasteiger partial charge on any atom is -0.367 e. The Morgan fingerprint density at radius 3 is 2.45 bits per heavy atom. The minimum absolute atomic E-state index is 0.0461. The highest BCUT2D eigenvalue weighted by Gasteiger charge is 2.39. The molecule has 20 heavy (non-hydrogen) atoms. The highest BCUT2D eigenvalue weighted by molar-refractivity contribution is 7.91. The number of hydrogen-bond donors (Lipinski definition) is 1. The van der Waals surface area contributed by atoms with Gasteiger partial charge < -0.3 is 10.3 Å². The van der Waals surface area contributed by atoms with E-state index in [0.29, 0.717) is 16.1 Å². The van der Waals surface area contributed by atoms with Gasteiger partial charge in [-0.05, 0) is 19.9 Å².